The van der Waals surface area contributed by atoms with Crippen molar-refractivity contribution >= 4 is 18.0 Å². The number of amides is 2. The first-order valence-electron chi connectivity index (χ1n) is 11.6. The minimum absolute atomic E-state index is 0.0869. The van der Waals surface area contributed by atoms with Crippen molar-refractivity contribution in [3.05, 3.63) is 59.7 Å². The van der Waals surface area contributed by atoms with Gasteiger partial charge in [-0.15, -0.1) is 0 Å². The number of nitrogens with one attached hydrogen (secondary N) is 1. The Kier molecular flexibility index (Phi) is 6.88. The number of benzene rings is 2. The van der Waals surface area contributed by atoms with Gasteiger partial charge >= 0.3 is 12.1 Å². The molecule has 2 aliphatic carbocycles. The minimum Gasteiger partial charge on any atom is -0.480 e. The Morgan fingerprint density at radius 2 is 1.59 bits per heavy atom. The van der Waals surface area contributed by atoms with Crippen LogP contribution in [0.2, 0.25) is 0 Å². The molecular weight excluding hydrogens is 434 g/mol. The van der Waals surface area contributed by atoms with Gasteiger partial charge in [-0.3, -0.25) is 4.79 Å². The number of nitrogens with zero attached hydrogens (tertiary/aromatic N) is 2. The Morgan fingerprint density at radius 1 is 1.03 bits per heavy atom. The second-order valence-electron chi connectivity index (χ2n) is 9.28. The van der Waals surface area contributed by atoms with E-state index in [1.165, 1.54) is 11.8 Å². The van der Waals surface area contributed by atoms with Gasteiger partial charge in [0, 0.05) is 18.5 Å². The predicted octanol–water partition coefficient (Wildman–Crippen LogP) is 2.92. The van der Waals surface area contributed by atoms with Crippen molar-refractivity contribution < 1.29 is 24.2 Å². The molecule has 0 heterocycles. The van der Waals surface area contributed by atoms with Gasteiger partial charge in [-0.1, -0.05) is 48.5 Å². The molecule has 0 spiro atoms. The maximum Gasteiger partial charge on any atom is 0.407 e. The molecule has 4 rings (SSSR count). The molecule has 1 saturated carbocycles. The lowest BCUT2D eigenvalue weighted by molar-refractivity contribution is -0.151. The third kappa shape index (κ3) is 4.92. The van der Waals surface area contributed by atoms with Gasteiger partial charge in [0.25, 0.3) is 0 Å². The zero-order valence-electron chi connectivity index (χ0n) is 19.7. The molecule has 0 radical (unpaired) electrons. The molecule has 0 aromatic heterocycles. The van der Waals surface area contributed by atoms with E-state index < -0.39 is 30.1 Å². The number of rotatable bonds is 9. The standard InChI is InChI=1S/C26H31N3O5/c1-16(25(31)32)29(17-12-13-17)24(30)23(14-28(2)3)27-26(33)34-15-22-20-10-6-4-8-18(20)19-9-5-7-11-21(19)22/h4-11,16-17,22-23H,12-15H2,1-3H3,(H,27,33)(H,31,32). The van der Waals surface area contributed by atoms with E-state index in [0.717, 1.165) is 35.1 Å². The summed E-state index contributed by atoms with van der Waals surface area (Å²) in [5, 5.41) is 12.2. The lowest BCUT2D eigenvalue weighted by Crippen LogP contribution is -2.57. The van der Waals surface area contributed by atoms with Crippen LogP contribution in [0.1, 0.15) is 36.8 Å². The fourth-order valence-electron chi connectivity index (χ4n) is 4.67. The van der Waals surface area contributed by atoms with Crippen molar-refractivity contribution in [2.24, 2.45) is 0 Å². The zero-order chi connectivity index (χ0) is 24.4. The monoisotopic (exact) mass is 465 g/mol. The SMILES string of the molecule is CC(C(=O)O)N(C(=O)C(CN(C)C)NC(=O)OCC1c2ccccc2-c2ccccc21)C1CC1. The van der Waals surface area contributed by atoms with E-state index in [-0.39, 0.29) is 25.1 Å². The summed E-state index contributed by atoms with van der Waals surface area (Å²) in [7, 11) is 3.59. The number of fused-ring (bicyclic) bond motifs is 3. The first-order chi connectivity index (χ1) is 16.3. The quantitative estimate of drug-likeness (QED) is 0.591. The molecule has 0 aliphatic heterocycles. The molecule has 2 amide bonds. The number of hydrogen-bond donors (Lipinski definition) is 2. The second-order valence-corrected chi connectivity index (χ2v) is 9.28. The van der Waals surface area contributed by atoms with E-state index in [4.69, 9.17) is 4.74 Å². The third-order valence-corrected chi connectivity index (χ3v) is 6.45. The summed E-state index contributed by atoms with van der Waals surface area (Å²) >= 11 is 0. The van der Waals surface area contributed by atoms with Crippen molar-refractivity contribution in [1.29, 1.82) is 0 Å². The van der Waals surface area contributed by atoms with Gasteiger partial charge in [0.1, 0.15) is 18.7 Å². The zero-order valence-corrected chi connectivity index (χ0v) is 19.7. The summed E-state index contributed by atoms with van der Waals surface area (Å²) in [5.74, 6) is -1.55. The molecule has 8 heteroatoms. The molecule has 2 unspecified atom stereocenters. The van der Waals surface area contributed by atoms with Gasteiger partial charge in [-0.2, -0.15) is 0 Å². The molecule has 2 aromatic rings. The number of hydrogen-bond acceptors (Lipinski definition) is 5. The normalized spacial score (nSPS) is 16.4. The van der Waals surface area contributed by atoms with Crippen molar-refractivity contribution in [1.82, 2.24) is 15.1 Å². The average molecular weight is 466 g/mol. The topological polar surface area (TPSA) is 99.2 Å². The smallest absolute Gasteiger partial charge is 0.407 e. The number of carboxylic acid groups (broad SMARTS) is 1. The number of aliphatic carboxylic acids is 1. The van der Waals surface area contributed by atoms with Crippen LogP contribution in [0.4, 0.5) is 4.79 Å². The first-order valence-corrected chi connectivity index (χ1v) is 11.6. The van der Waals surface area contributed by atoms with E-state index in [9.17, 15) is 19.5 Å². The van der Waals surface area contributed by atoms with Crippen LogP contribution < -0.4 is 5.32 Å². The van der Waals surface area contributed by atoms with Crippen LogP contribution in [-0.4, -0.2) is 78.2 Å². The van der Waals surface area contributed by atoms with E-state index in [0.29, 0.717) is 0 Å². The number of alkyl carbamates (subject to hydrolysis) is 1. The minimum atomic E-state index is -1.06. The number of carbonyl (C=O) groups is 3. The Hall–Kier alpha value is -3.39. The fraction of sp³-hybridized carbons (Fsp3) is 0.423. The molecule has 2 N–H and O–H groups in total. The summed E-state index contributed by atoms with van der Waals surface area (Å²) < 4.78 is 5.61. The molecule has 1 fully saturated rings. The highest BCUT2D eigenvalue weighted by Gasteiger charge is 2.41. The number of carboxylic acids is 1. The van der Waals surface area contributed by atoms with Crippen LogP contribution in [0.15, 0.2) is 48.5 Å². The third-order valence-electron chi connectivity index (χ3n) is 6.45. The lowest BCUT2D eigenvalue weighted by Gasteiger charge is -2.31. The van der Waals surface area contributed by atoms with Gasteiger partial charge in [0.05, 0.1) is 0 Å². The highest BCUT2D eigenvalue weighted by Crippen LogP contribution is 2.44. The summed E-state index contributed by atoms with van der Waals surface area (Å²) in [6, 6.07) is 14.2. The highest BCUT2D eigenvalue weighted by molar-refractivity contribution is 5.90. The lowest BCUT2D eigenvalue weighted by atomic mass is 9.98. The van der Waals surface area contributed by atoms with Gasteiger partial charge in [0.2, 0.25) is 5.91 Å². The maximum atomic E-state index is 13.3. The molecule has 0 bridgehead atoms. The summed E-state index contributed by atoms with van der Waals surface area (Å²) in [5.41, 5.74) is 4.48. The van der Waals surface area contributed by atoms with E-state index in [1.807, 2.05) is 36.4 Å². The fourth-order valence-corrected chi connectivity index (χ4v) is 4.67. The maximum absolute atomic E-state index is 13.3. The molecule has 0 saturated heterocycles. The van der Waals surface area contributed by atoms with E-state index in [2.05, 4.69) is 17.4 Å². The average Bonchev–Trinajstić information content (AvgIpc) is 3.59. The van der Waals surface area contributed by atoms with Gasteiger partial charge in [-0.05, 0) is 56.1 Å². The summed E-state index contributed by atoms with van der Waals surface area (Å²) in [6.07, 6.45) is 0.840. The van der Waals surface area contributed by atoms with E-state index in [1.54, 1.807) is 19.0 Å². The summed E-state index contributed by atoms with van der Waals surface area (Å²) in [4.78, 5) is 40.8. The van der Waals surface area contributed by atoms with Gasteiger partial charge in [0.15, 0.2) is 0 Å². The Bertz CT molecular complexity index is 1040. The van der Waals surface area contributed by atoms with Crippen LogP contribution >= 0.6 is 0 Å². The largest absolute Gasteiger partial charge is 0.480 e. The molecule has 180 valence electrons. The van der Waals surface area contributed by atoms with Crippen LogP contribution in [0.3, 0.4) is 0 Å². The van der Waals surface area contributed by atoms with Gasteiger partial charge < -0.3 is 25.0 Å². The Balaban J connectivity index is 1.46. The first kappa shape index (κ1) is 23.8. The molecule has 8 nitrogen and oxygen atoms in total. The highest BCUT2D eigenvalue weighted by atomic mass is 16.5. The Labute approximate surface area is 199 Å². The van der Waals surface area contributed by atoms with Gasteiger partial charge in [-0.25, -0.2) is 9.59 Å². The van der Waals surface area contributed by atoms with Crippen LogP contribution in [0, 0.1) is 0 Å². The molecule has 2 aromatic carbocycles. The predicted molar refractivity (Wildman–Crippen MR) is 128 cm³/mol. The van der Waals surface area contributed by atoms with E-state index >= 15 is 0 Å². The van der Waals surface area contributed by atoms with Crippen molar-refractivity contribution in [2.75, 3.05) is 27.2 Å². The molecule has 2 aliphatic rings. The van der Waals surface area contributed by atoms with Crippen LogP contribution in [0.5, 0.6) is 0 Å². The van der Waals surface area contributed by atoms with Crippen molar-refractivity contribution in [3.63, 3.8) is 0 Å². The number of carbonyl (C=O) groups excluding carboxylic acids is 2. The van der Waals surface area contributed by atoms with Crippen molar-refractivity contribution in [2.45, 2.75) is 43.8 Å². The summed E-state index contributed by atoms with van der Waals surface area (Å²) in [6.45, 7) is 1.87. The molecule has 2 atom stereocenters. The van der Waals surface area contributed by atoms with Crippen LogP contribution in [0.25, 0.3) is 11.1 Å². The Morgan fingerprint density at radius 3 is 2.09 bits per heavy atom. The van der Waals surface area contributed by atoms with Crippen molar-refractivity contribution in [3.8, 4) is 11.1 Å². The molecule has 34 heavy (non-hydrogen) atoms. The van der Waals surface area contributed by atoms with Crippen LogP contribution in [-0.2, 0) is 14.3 Å². The second kappa shape index (κ2) is 9.85. The number of likely N-dealkylation sites (N-methyl/N-ethyl adjacent to an activating group) is 1. The molecular formula is C26H31N3O5. The number of ether oxygens (including phenoxy) is 1.